The minimum atomic E-state index is -0.889. The molecule has 1 saturated carbocycles. The molecule has 2 aromatic rings. The van der Waals surface area contributed by atoms with Crippen molar-refractivity contribution in [1.29, 1.82) is 0 Å². The van der Waals surface area contributed by atoms with Gasteiger partial charge in [0, 0.05) is 23.8 Å². The first-order valence-electron chi connectivity index (χ1n) is 10.5. The maximum absolute atomic E-state index is 13.9. The van der Waals surface area contributed by atoms with Crippen LogP contribution >= 0.6 is 11.8 Å². The lowest BCUT2D eigenvalue weighted by Crippen LogP contribution is -2.51. The van der Waals surface area contributed by atoms with E-state index in [4.69, 9.17) is 0 Å². The molecule has 2 amide bonds. The lowest BCUT2D eigenvalue weighted by atomic mass is 10.0. The van der Waals surface area contributed by atoms with Gasteiger partial charge in [-0.15, -0.1) is 11.8 Å². The Hall–Kier alpha value is -2.27. The van der Waals surface area contributed by atoms with Gasteiger partial charge in [-0.05, 0) is 31.4 Å². The number of nitrogens with zero attached hydrogens (tertiary/aromatic N) is 2. The number of carbonyl (C=O) groups excluding carboxylic acids is 2. The topological polar surface area (TPSA) is 40.6 Å². The second-order valence-electron chi connectivity index (χ2n) is 8.36. The number of hydrogen-bond acceptors (Lipinski definition) is 3. The second kappa shape index (κ2) is 7.21. The van der Waals surface area contributed by atoms with E-state index in [1.807, 2.05) is 40.1 Å². The van der Waals surface area contributed by atoms with Crippen LogP contribution in [0.25, 0.3) is 0 Å². The Kier molecular flexibility index (Phi) is 4.66. The van der Waals surface area contributed by atoms with Gasteiger partial charge < -0.3 is 9.80 Å². The van der Waals surface area contributed by atoms with Crippen molar-refractivity contribution in [3.8, 4) is 0 Å². The molecule has 1 aliphatic carbocycles. The third-order valence-corrected chi connectivity index (χ3v) is 7.91. The van der Waals surface area contributed by atoms with Crippen LogP contribution in [0.1, 0.15) is 42.4 Å². The molecule has 0 unspecified atom stereocenters. The SMILES string of the molecule is Cc1cccc(CN2C(=O)[C@]3(SCCN3C(=O)C3CCCC3)c3ccccc32)c1. The molecule has 0 N–H and O–H groups in total. The average molecular weight is 407 g/mol. The number of benzene rings is 2. The van der Waals surface area contributed by atoms with Gasteiger partial charge in [-0.2, -0.15) is 0 Å². The van der Waals surface area contributed by atoms with Crippen molar-refractivity contribution in [2.45, 2.75) is 44.0 Å². The van der Waals surface area contributed by atoms with Gasteiger partial charge in [0.2, 0.25) is 5.91 Å². The van der Waals surface area contributed by atoms with Crippen molar-refractivity contribution in [2.75, 3.05) is 17.2 Å². The maximum atomic E-state index is 13.9. The summed E-state index contributed by atoms with van der Waals surface area (Å²) in [7, 11) is 0. The zero-order chi connectivity index (χ0) is 20.0. The van der Waals surface area contributed by atoms with Crippen LogP contribution in [-0.2, 0) is 21.0 Å². The van der Waals surface area contributed by atoms with Gasteiger partial charge in [-0.25, -0.2) is 0 Å². The van der Waals surface area contributed by atoms with Crippen LogP contribution < -0.4 is 4.90 Å². The molecular formula is C24H26N2O2S. The van der Waals surface area contributed by atoms with Crippen molar-refractivity contribution in [2.24, 2.45) is 5.92 Å². The van der Waals surface area contributed by atoms with E-state index in [1.54, 1.807) is 11.8 Å². The van der Waals surface area contributed by atoms with Crippen LogP contribution in [0.3, 0.4) is 0 Å². The van der Waals surface area contributed by atoms with Crippen molar-refractivity contribution in [3.63, 3.8) is 0 Å². The van der Waals surface area contributed by atoms with E-state index in [0.717, 1.165) is 48.3 Å². The molecule has 1 saturated heterocycles. The van der Waals surface area contributed by atoms with Crippen LogP contribution in [0.5, 0.6) is 0 Å². The Morgan fingerprint density at radius 2 is 1.93 bits per heavy atom. The van der Waals surface area contributed by atoms with Crippen molar-refractivity contribution in [3.05, 3.63) is 65.2 Å². The highest BCUT2D eigenvalue weighted by Crippen LogP contribution is 2.55. The Labute approximate surface area is 176 Å². The molecular weight excluding hydrogens is 380 g/mol. The lowest BCUT2D eigenvalue weighted by molar-refractivity contribution is -0.143. The second-order valence-corrected chi connectivity index (χ2v) is 9.65. The van der Waals surface area contributed by atoms with E-state index in [-0.39, 0.29) is 17.7 Å². The summed E-state index contributed by atoms with van der Waals surface area (Å²) in [6.07, 6.45) is 4.15. The summed E-state index contributed by atoms with van der Waals surface area (Å²) in [6.45, 7) is 3.25. The quantitative estimate of drug-likeness (QED) is 0.756. The number of fused-ring (bicyclic) bond motifs is 2. The molecule has 0 radical (unpaired) electrons. The minimum Gasteiger partial charge on any atom is -0.315 e. The van der Waals surface area contributed by atoms with Gasteiger partial charge in [0.1, 0.15) is 0 Å². The lowest BCUT2D eigenvalue weighted by Gasteiger charge is -2.34. The summed E-state index contributed by atoms with van der Waals surface area (Å²) in [5.41, 5.74) is 4.22. The molecule has 0 aromatic heterocycles. The van der Waals surface area contributed by atoms with Crippen molar-refractivity contribution in [1.82, 2.24) is 4.90 Å². The normalized spacial score (nSPS) is 24.0. The first kappa shape index (κ1) is 18.7. The number of rotatable bonds is 3. The standard InChI is InChI=1S/C24H26N2O2S/c1-17-7-6-8-18(15-17)16-25-21-12-5-4-11-20(21)24(23(25)28)26(13-14-29-24)22(27)19-9-2-3-10-19/h4-8,11-12,15,19H,2-3,9-10,13-14,16H2,1H3/t24-/m1/s1. The number of aryl methyl sites for hydroxylation is 1. The van der Waals surface area contributed by atoms with Crippen LogP contribution in [-0.4, -0.2) is 29.0 Å². The van der Waals surface area contributed by atoms with Gasteiger partial charge in [-0.3, -0.25) is 9.59 Å². The number of amides is 2. The predicted molar refractivity (Wildman–Crippen MR) is 117 cm³/mol. The highest BCUT2D eigenvalue weighted by Gasteiger charge is 2.59. The number of carbonyl (C=O) groups is 2. The first-order chi connectivity index (χ1) is 14.1. The van der Waals surface area contributed by atoms with Crippen LogP contribution in [0.2, 0.25) is 0 Å². The molecule has 3 aliphatic rings. The summed E-state index contributed by atoms with van der Waals surface area (Å²) in [4.78, 5) is 30.2. The fraction of sp³-hybridized carbons (Fsp3) is 0.417. The zero-order valence-corrected chi connectivity index (χ0v) is 17.6. The third kappa shape index (κ3) is 2.90. The molecule has 0 bridgehead atoms. The number of thioether (sulfide) groups is 1. The van der Waals surface area contributed by atoms with E-state index in [1.165, 1.54) is 5.56 Å². The zero-order valence-electron chi connectivity index (χ0n) is 16.8. The number of hydrogen-bond donors (Lipinski definition) is 0. The highest BCUT2D eigenvalue weighted by molar-refractivity contribution is 8.01. The fourth-order valence-electron chi connectivity index (χ4n) is 5.13. The largest absolute Gasteiger partial charge is 0.315 e. The van der Waals surface area contributed by atoms with E-state index >= 15 is 0 Å². The Morgan fingerprint density at radius 1 is 1.14 bits per heavy atom. The Bertz CT molecular complexity index is 969. The van der Waals surface area contributed by atoms with E-state index in [2.05, 4.69) is 25.1 Å². The minimum absolute atomic E-state index is 0.0362. The summed E-state index contributed by atoms with van der Waals surface area (Å²) in [5, 5.41) is 0. The van der Waals surface area contributed by atoms with E-state index in [0.29, 0.717) is 13.1 Å². The summed E-state index contributed by atoms with van der Waals surface area (Å²) in [6, 6.07) is 16.3. The Morgan fingerprint density at radius 3 is 2.72 bits per heavy atom. The molecule has 2 fully saturated rings. The number of anilines is 1. The van der Waals surface area contributed by atoms with E-state index in [9.17, 15) is 9.59 Å². The molecule has 1 spiro atoms. The van der Waals surface area contributed by atoms with Crippen LogP contribution in [0.15, 0.2) is 48.5 Å². The molecule has 1 atom stereocenters. The predicted octanol–water partition coefficient (Wildman–Crippen LogP) is 4.46. The maximum Gasteiger partial charge on any atom is 0.268 e. The Balaban J connectivity index is 1.55. The molecule has 2 aliphatic heterocycles. The molecule has 5 rings (SSSR count). The fourth-order valence-corrected chi connectivity index (χ4v) is 6.60. The number of para-hydroxylation sites is 1. The highest BCUT2D eigenvalue weighted by atomic mass is 32.2. The smallest absolute Gasteiger partial charge is 0.268 e. The molecule has 150 valence electrons. The van der Waals surface area contributed by atoms with Gasteiger partial charge >= 0.3 is 0 Å². The van der Waals surface area contributed by atoms with E-state index < -0.39 is 4.87 Å². The molecule has 4 nitrogen and oxygen atoms in total. The van der Waals surface area contributed by atoms with Gasteiger partial charge in [0.25, 0.3) is 5.91 Å². The molecule has 5 heteroatoms. The summed E-state index contributed by atoms with van der Waals surface area (Å²) in [5.74, 6) is 1.09. The van der Waals surface area contributed by atoms with Crippen molar-refractivity contribution >= 4 is 29.3 Å². The summed E-state index contributed by atoms with van der Waals surface area (Å²) < 4.78 is 0. The van der Waals surface area contributed by atoms with Crippen molar-refractivity contribution < 1.29 is 9.59 Å². The monoisotopic (exact) mass is 406 g/mol. The summed E-state index contributed by atoms with van der Waals surface area (Å²) >= 11 is 1.63. The molecule has 2 aromatic carbocycles. The third-order valence-electron chi connectivity index (χ3n) is 6.49. The van der Waals surface area contributed by atoms with Gasteiger partial charge in [0.05, 0.1) is 12.2 Å². The molecule has 29 heavy (non-hydrogen) atoms. The first-order valence-corrected chi connectivity index (χ1v) is 11.5. The molecule has 2 heterocycles. The van der Waals surface area contributed by atoms with Crippen LogP contribution in [0, 0.1) is 12.8 Å². The van der Waals surface area contributed by atoms with Gasteiger partial charge in [0.15, 0.2) is 4.87 Å². The average Bonchev–Trinajstić information content (AvgIpc) is 3.45. The van der Waals surface area contributed by atoms with Gasteiger partial charge in [-0.1, -0.05) is 60.9 Å². The van der Waals surface area contributed by atoms with Crippen LogP contribution in [0.4, 0.5) is 5.69 Å².